The van der Waals surface area contributed by atoms with E-state index in [4.69, 9.17) is 15.1 Å². The van der Waals surface area contributed by atoms with Crippen LogP contribution in [0, 0.1) is 5.41 Å². The molecule has 0 aliphatic carbocycles. The molecular weight excluding hydrogens is 426 g/mol. The van der Waals surface area contributed by atoms with Gasteiger partial charge < -0.3 is 20.8 Å². The highest BCUT2D eigenvalue weighted by Gasteiger charge is 2.12. The van der Waals surface area contributed by atoms with Gasteiger partial charge in [-0.15, -0.1) is 5.10 Å². The van der Waals surface area contributed by atoms with Crippen molar-refractivity contribution in [3.63, 3.8) is 0 Å². The molecule has 172 valence electrons. The van der Waals surface area contributed by atoms with Crippen molar-refractivity contribution in [2.24, 2.45) is 0 Å². The minimum absolute atomic E-state index is 0.134. The van der Waals surface area contributed by atoms with E-state index in [0.717, 1.165) is 22.4 Å². The fourth-order valence-electron chi connectivity index (χ4n) is 3.35. The van der Waals surface area contributed by atoms with Gasteiger partial charge in [-0.1, -0.05) is 32.0 Å². The summed E-state index contributed by atoms with van der Waals surface area (Å²) >= 11 is 0. The molecule has 0 unspecified atom stereocenters. The molecule has 3 heterocycles. The van der Waals surface area contributed by atoms with E-state index in [2.05, 4.69) is 39.7 Å². The minimum atomic E-state index is 0.134. The Balaban J connectivity index is 1.57. The SMILES string of the molecule is CN/C=C(\C(=N)COc1ccccc1)c1cnc2ccc(Nc3cc(C(C)C)cnn3)nc2c1. The molecule has 3 aromatic heterocycles. The van der Waals surface area contributed by atoms with Crippen molar-refractivity contribution in [2.45, 2.75) is 19.8 Å². The Bertz CT molecular complexity index is 1320. The third kappa shape index (κ3) is 5.53. The van der Waals surface area contributed by atoms with Gasteiger partial charge in [-0.2, -0.15) is 5.10 Å². The molecule has 0 aliphatic rings. The van der Waals surface area contributed by atoms with Crippen LogP contribution >= 0.6 is 0 Å². The van der Waals surface area contributed by atoms with Crippen molar-refractivity contribution in [3.05, 3.63) is 84.3 Å². The summed E-state index contributed by atoms with van der Waals surface area (Å²) in [4.78, 5) is 9.26. The normalized spacial score (nSPS) is 11.5. The average molecular weight is 454 g/mol. The first-order chi connectivity index (χ1) is 16.5. The van der Waals surface area contributed by atoms with Crippen LogP contribution < -0.4 is 15.4 Å². The molecule has 8 heteroatoms. The second-order valence-corrected chi connectivity index (χ2v) is 8.04. The summed E-state index contributed by atoms with van der Waals surface area (Å²) in [5.74, 6) is 2.35. The van der Waals surface area contributed by atoms with Gasteiger partial charge in [0.1, 0.15) is 18.2 Å². The standard InChI is InChI=1S/C26H27N7O/c1-17(2)18-12-26(33-30-14-18)32-25-10-9-23-24(31-25)11-19(13-29-23)21(15-28-3)22(27)16-34-20-7-5-4-6-8-20/h4-15,17,27-28H,16H2,1-3H3,(H,31,32,33)/b21-15-,27-22?. The largest absolute Gasteiger partial charge is 0.487 e. The monoisotopic (exact) mass is 453 g/mol. The summed E-state index contributed by atoms with van der Waals surface area (Å²) in [6.07, 6.45) is 5.29. The molecule has 0 amide bonds. The lowest BCUT2D eigenvalue weighted by atomic mass is 10.0. The van der Waals surface area contributed by atoms with E-state index in [1.807, 2.05) is 54.6 Å². The third-order valence-corrected chi connectivity index (χ3v) is 5.19. The molecule has 3 N–H and O–H groups in total. The molecule has 0 fully saturated rings. The highest BCUT2D eigenvalue weighted by Crippen LogP contribution is 2.23. The Hall–Kier alpha value is -4.33. The quantitative estimate of drug-likeness (QED) is 0.308. The van der Waals surface area contributed by atoms with Crippen molar-refractivity contribution >= 4 is 34.0 Å². The van der Waals surface area contributed by atoms with E-state index in [9.17, 15) is 0 Å². The number of para-hydroxylation sites is 1. The van der Waals surface area contributed by atoms with Crippen LogP contribution in [0.1, 0.15) is 30.9 Å². The molecule has 4 aromatic rings. The van der Waals surface area contributed by atoms with E-state index in [0.29, 0.717) is 34.4 Å². The zero-order valence-corrected chi connectivity index (χ0v) is 19.4. The van der Waals surface area contributed by atoms with E-state index >= 15 is 0 Å². The summed E-state index contributed by atoms with van der Waals surface area (Å²) in [7, 11) is 1.80. The van der Waals surface area contributed by atoms with Gasteiger partial charge in [-0.05, 0) is 47.9 Å². The lowest BCUT2D eigenvalue weighted by Gasteiger charge is -2.12. The number of benzene rings is 1. The van der Waals surface area contributed by atoms with Crippen molar-refractivity contribution < 1.29 is 4.74 Å². The maximum Gasteiger partial charge on any atom is 0.154 e. The molecule has 8 nitrogen and oxygen atoms in total. The highest BCUT2D eigenvalue weighted by atomic mass is 16.5. The van der Waals surface area contributed by atoms with Crippen LogP contribution in [0.25, 0.3) is 16.6 Å². The third-order valence-electron chi connectivity index (χ3n) is 5.19. The van der Waals surface area contributed by atoms with E-state index in [1.54, 1.807) is 25.6 Å². The first-order valence-electron chi connectivity index (χ1n) is 11.0. The number of aromatic nitrogens is 4. The molecular formula is C26H27N7O. The van der Waals surface area contributed by atoms with Gasteiger partial charge in [0.25, 0.3) is 0 Å². The van der Waals surface area contributed by atoms with Crippen LogP contribution in [-0.4, -0.2) is 39.5 Å². The van der Waals surface area contributed by atoms with E-state index in [-0.39, 0.29) is 6.61 Å². The van der Waals surface area contributed by atoms with Crippen LogP contribution in [0.2, 0.25) is 0 Å². The summed E-state index contributed by atoms with van der Waals surface area (Å²) in [6, 6.07) is 17.1. The van der Waals surface area contributed by atoms with Crippen molar-refractivity contribution in [3.8, 4) is 5.75 Å². The van der Waals surface area contributed by atoms with Crippen molar-refractivity contribution in [1.29, 1.82) is 5.41 Å². The number of rotatable bonds is 9. The number of nitrogens with one attached hydrogen (secondary N) is 3. The molecule has 1 aromatic carbocycles. The maximum atomic E-state index is 8.58. The summed E-state index contributed by atoms with van der Waals surface area (Å²) in [6.45, 7) is 4.36. The van der Waals surface area contributed by atoms with E-state index < -0.39 is 0 Å². The van der Waals surface area contributed by atoms with Crippen LogP contribution in [0.3, 0.4) is 0 Å². The number of nitrogens with zero attached hydrogens (tertiary/aromatic N) is 4. The zero-order chi connectivity index (χ0) is 23.9. The molecule has 0 spiro atoms. The van der Waals surface area contributed by atoms with Crippen LogP contribution in [0.5, 0.6) is 5.75 Å². The first-order valence-corrected chi connectivity index (χ1v) is 11.0. The number of anilines is 2. The zero-order valence-electron chi connectivity index (χ0n) is 19.4. The van der Waals surface area contributed by atoms with Gasteiger partial charge >= 0.3 is 0 Å². The Morgan fingerprint density at radius 3 is 2.62 bits per heavy atom. The molecule has 0 saturated heterocycles. The Labute approximate surface area is 198 Å². The topological polar surface area (TPSA) is 109 Å². The Morgan fingerprint density at radius 2 is 1.85 bits per heavy atom. The molecule has 0 saturated carbocycles. The molecule has 34 heavy (non-hydrogen) atoms. The smallest absolute Gasteiger partial charge is 0.154 e. The summed E-state index contributed by atoms with van der Waals surface area (Å²) < 4.78 is 5.76. The predicted octanol–water partition coefficient (Wildman–Crippen LogP) is 4.95. The molecule has 4 rings (SSSR count). The number of fused-ring (bicyclic) bond motifs is 1. The number of pyridine rings is 2. The van der Waals surface area contributed by atoms with Gasteiger partial charge in [0.15, 0.2) is 5.82 Å². The number of ether oxygens (including phenoxy) is 1. The molecule has 0 atom stereocenters. The van der Waals surface area contributed by atoms with Gasteiger partial charge in [0, 0.05) is 30.6 Å². The van der Waals surface area contributed by atoms with Crippen molar-refractivity contribution in [2.75, 3.05) is 19.0 Å². The van der Waals surface area contributed by atoms with Gasteiger partial charge in [-0.25, -0.2) is 4.98 Å². The lowest BCUT2D eigenvalue weighted by Crippen LogP contribution is -2.14. The van der Waals surface area contributed by atoms with Crippen LogP contribution in [-0.2, 0) is 0 Å². The van der Waals surface area contributed by atoms with Gasteiger partial charge in [-0.3, -0.25) is 4.98 Å². The summed E-state index contributed by atoms with van der Waals surface area (Å²) in [5, 5.41) is 23.1. The van der Waals surface area contributed by atoms with Crippen LogP contribution in [0.15, 0.2) is 73.2 Å². The second kappa shape index (κ2) is 10.5. The Morgan fingerprint density at radius 1 is 1.03 bits per heavy atom. The predicted molar refractivity (Wildman–Crippen MR) is 136 cm³/mol. The first kappa shape index (κ1) is 22.8. The van der Waals surface area contributed by atoms with Gasteiger partial charge in [0.2, 0.25) is 0 Å². The molecule has 0 bridgehead atoms. The van der Waals surface area contributed by atoms with Crippen LogP contribution in [0.4, 0.5) is 11.6 Å². The fourth-order valence-corrected chi connectivity index (χ4v) is 3.35. The minimum Gasteiger partial charge on any atom is -0.487 e. The molecule has 0 radical (unpaired) electrons. The number of hydrogen-bond donors (Lipinski definition) is 3. The molecule has 0 aliphatic heterocycles. The van der Waals surface area contributed by atoms with E-state index in [1.165, 1.54) is 0 Å². The lowest BCUT2D eigenvalue weighted by molar-refractivity contribution is 0.377. The average Bonchev–Trinajstić information content (AvgIpc) is 2.86. The summed E-state index contributed by atoms with van der Waals surface area (Å²) in [5.41, 5.74) is 4.34. The van der Waals surface area contributed by atoms with Crippen molar-refractivity contribution in [1.82, 2.24) is 25.5 Å². The Kier molecular flexibility index (Phi) is 7.07. The number of hydrogen-bond acceptors (Lipinski definition) is 8. The highest BCUT2D eigenvalue weighted by molar-refractivity contribution is 6.23. The maximum absolute atomic E-state index is 8.58. The van der Waals surface area contributed by atoms with Gasteiger partial charge in [0.05, 0.1) is 22.9 Å². The second-order valence-electron chi connectivity index (χ2n) is 8.04. The fraction of sp³-hybridized carbons (Fsp3) is 0.192.